The number of rotatable bonds is 3. The number of nitrogens with one attached hydrogen (secondary N) is 1. The van der Waals surface area contributed by atoms with Crippen LogP contribution >= 0.6 is 27.5 Å². The number of benzene rings is 2. The highest BCUT2D eigenvalue weighted by Gasteiger charge is 2.20. The van der Waals surface area contributed by atoms with Crippen molar-refractivity contribution < 1.29 is 9.72 Å². The molecule has 0 unspecified atom stereocenters. The Morgan fingerprint density at radius 3 is 2.62 bits per heavy atom. The molecule has 0 atom stereocenters. The Morgan fingerprint density at radius 2 is 2.00 bits per heavy atom. The molecular formula is C13H9BrClN3O3. The number of nitrogen functional groups attached to an aromatic ring is 1. The van der Waals surface area contributed by atoms with Crippen molar-refractivity contribution >= 4 is 50.5 Å². The van der Waals surface area contributed by atoms with E-state index in [1.807, 2.05) is 0 Å². The van der Waals surface area contributed by atoms with Gasteiger partial charge < -0.3 is 11.1 Å². The van der Waals surface area contributed by atoms with E-state index in [2.05, 4.69) is 21.2 Å². The maximum atomic E-state index is 12.2. The van der Waals surface area contributed by atoms with E-state index in [4.69, 9.17) is 17.3 Å². The number of halogens is 2. The zero-order valence-electron chi connectivity index (χ0n) is 10.5. The third-order valence-corrected chi connectivity index (χ3v) is 3.85. The number of carbonyl (C=O) groups is 1. The largest absolute Gasteiger partial charge is 0.399 e. The number of carbonyl (C=O) groups excluding carboxylic acids is 1. The molecule has 0 heterocycles. The van der Waals surface area contributed by atoms with Crippen molar-refractivity contribution in [1.82, 2.24) is 0 Å². The van der Waals surface area contributed by atoms with Gasteiger partial charge in [-0.1, -0.05) is 11.6 Å². The summed E-state index contributed by atoms with van der Waals surface area (Å²) in [4.78, 5) is 22.5. The fourth-order valence-electron chi connectivity index (χ4n) is 1.67. The molecular weight excluding hydrogens is 362 g/mol. The molecule has 0 aliphatic carbocycles. The lowest BCUT2D eigenvalue weighted by atomic mass is 10.1. The quantitative estimate of drug-likeness (QED) is 0.487. The van der Waals surface area contributed by atoms with Crippen LogP contribution in [-0.2, 0) is 0 Å². The SMILES string of the molecule is Nc1ccc([N+](=O)[O-])c(C(=O)Nc2ccc(Cl)c(Br)c2)c1. The van der Waals surface area contributed by atoms with Crippen LogP contribution in [0.1, 0.15) is 10.4 Å². The molecule has 3 N–H and O–H groups in total. The van der Waals surface area contributed by atoms with E-state index in [1.54, 1.807) is 18.2 Å². The predicted molar refractivity (Wildman–Crippen MR) is 84.6 cm³/mol. The number of nitro groups is 1. The molecule has 0 saturated carbocycles. The fourth-order valence-corrected chi connectivity index (χ4v) is 2.16. The standard InChI is InChI=1S/C13H9BrClN3O3/c14-10-6-8(2-3-11(10)15)17-13(19)9-5-7(16)1-4-12(9)18(20)21/h1-6H,16H2,(H,17,19). The van der Waals surface area contributed by atoms with Crippen molar-refractivity contribution in [2.24, 2.45) is 0 Å². The maximum Gasteiger partial charge on any atom is 0.282 e. The van der Waals surface area contributed by atoms with E-state index in [0.29, 0.717) is 15.2 Å². The first-order valence-electron chi connectivity index (χ1n) is 5.69. The molecule has 2 aromatic carbocycles. The minimum Gasteiger partial charge on any atom is -0.399 e. The molecule has 21 heavy (non-hydrogen) atoms. The second-order valence-corrected chi connectivity index (χ2v) is 5.38. The van der Waals surface area contributed by atoms with Crippen LogP contribution in [0.4, 0.5) is 17.1 Å². The van der Waals surface area contributed by atoms with Gasteiger partial charge in [-0.3, -0.25) is 14.9 Å². The first kappa shape index (κ1) is 15.3. The Morgan fingerprint density at radius 1 is 1.29 bits per heavy atom. The van der Waals surface area contributed by atoms with Crippen LogP contribution in [0.15, 0.2) is 40.9 Å². The lowest BCUT2D eigenvalue weighted by molar-refractivity contribution is -0.385. The van der Waals surface area contributed by atoms with Gasteiger partial charge in [-0.25, -0.2) is 0 Å². The van der Waals surface area contributed by atoms with Crippen LogP contribution in [0.25, 0.3) is 0 Å². The molecule has 0 fully saturated rings. The van der Waals surface area contributed by atoms with Crippen molar-refractivity contribution in [2.75, 3.05) is 11.1 Å². The van der Waals surface area contributed by atoms with Crippen LogP contribution in [0.2, 0.25) is 5.02 Å². The summed E-state index contributed by atoms with van der Waals surface area (Å²) in [6, 6.07) is 8.60. The Labute approximate surface area is 133 Å². The molecule has 0 aromatic heterocycles. The number of anilines is 2. The Bertz CT molecular complexity index is 737. The third kappa shape index (κ3) is 3.50. The third-order valence-electron chi connectivity index (χ3n) is 2.64. The smallest absolute Gasteiger partial charge is 0.282 e. The summed E-state index contributed by atoms with van der Waals surface area (Å²) in [6.45, 7) is 0. The zero-order chi connectivity index (χ0) is 15.6. The summed E-state index contributed by atoms with van der Waals surface area (Å²) in [5.74, 6) is -0.622. The molecule has 8 heteroatoms. The minimum absolute atomic E-state index is 0.105. The summed E-state index contributed by atoms with van der Waals surface area (Å²) in [7, 11) is 0. The van der Waals surface area contributed by atoms with Crippen LogP contribution in [0, 0.1) is 10.1 Å². The maximum absolute atomic E-state index is 12.2. The van der Waals surface area contributed by atoms with Crippen molar-refractivity contribution in [3.05, 3.63) is 61.6 Å². The average molecular weight is 371 g/mol. The van der Waals surface area contributed by atoms with Gasteiger partial charge in [0.25, 0.3) is 11.6 Å². The summed E-state index contributed by atoms with van der Waals surface area (Å²) in [6.07, 6.45) is 0. The number of nitro benzene ring substituents is 1. The van der Waals surface area contributed by atoms with E-state index in [9.17, 15) is 14.9 Å². The average Bonchev–Trinajstić information content (AvgIpc) is 2.42. The normalized spacial score (nSPS) is 10.2. The highest BCUT2D eigenvalue weighted by atomic mass is 79.9. The molecule has 6 nitrogen and oxygen atoms in total. The van der Waals surface area contributed by atoms with E-state index in [1.165, 1.54) is 18.2 Å². The van der Waals surface area contributed by atoms with Gasteiger partial charge in [-0.05, 0) is 46.3 Å². The minimum atomic E-state index is -0.633. The Kier molecular flexibility index (Phi) is 4.44. The Hall–Kier alpha value is -2.12. The van der Waals surface area contributed by atoms with Crippen LogP contribution in [-0.4, -0.2) is 10.8 Å². The molecule has 108 valence electrons. The van der Waals surface area contributed by atoms with E-state index in [-0.39, 0.29) is 16.9 Å². The van der Waals surface area contributed by atoms with Gasteiger partial charge in [0.15, 0.2) is 0 Å². The lowest BCUT2D eigenvalue weighted by Crippen LogP contribution is -2.14. The second kappa shape index (κ2) is 6.11. The predicted octanol–water partition coefficient (Wildman–Crippen LogP) is 3.85. The van der Waals surface area contributed by atoms with E-state index >= 15 is 0 Å². The van der Waals surface area contributed by atoms with Gasteiger partial charge in [0.05, 0.1) is 9.95 Å². The molecule has 2 aromatic rings. The molecule has 1 amide bonds. The number of hydrogen-bond donors (Lipinski definition) is 2. The second-order valence-electron chi connectivity index (χ2n) is 4.12. The summed E-state index contributed by atoms with van der Waals surface area (Å²) >= 11 is 9.09. The number of hydrogen-bond acceptors (Lipinski definition) is 4. The highest BCUT2D eigenvalue weighted by Crippen LogP contribution is 2.27. The van der Waals surface area contributed by atoms with Crippen molar-refractivity contribution in [3.8, 4) is 0 Å². The molecule has 0 spiro atoms. The number of nitrogens with two attached hydrogens (primary N) is 1. The van der Waals surface area contributed by atoms with Gasteiger partial charge in [0.1, 0.15) is 5.56 Å². The Balaban J connectivity index is 2.34. The monoisotopic (exact) mass is 369 g/mol. The van der Waals surface area contributed by atoms with Gasteiger partial charge in [0, 0.05) is 21.9 Å². The summed E-state index contributed by atoms with van der Waals surface area (Å²) in [5, 5.41) is 14.0. The van der Waals surface area contributed by atoms with Gasteiger partial charge in [0.2, 0.25) is 0 Å². The lowest BCUT2D eigenvalue weighted by Gasteiger charge is -2.07. The highest BCUT2D eigenvalue weighted by molar-refractivity contribution is 9.10. The fraction of sp³-hybridized carbons (Fsp3) is 0. The molecule has 0 bridgehead atoms. The van der Waals surface area contributed by atoms with E-state index in [0.717, 1.165) is 0 Å². The topological polar surface area (TPSA) is 98.3 Å². The van der Waals surface area contributed by atoms with Crippen LogP contribution in [0.5, 0.6) is 0 Å². The van der Waals surface area contributed by atoms with Gasteiger partial charge in [-0.2, -0.15) is 0 Å². The summed E-state index contributed by atoms with van der Waals surface area (Å²) in [5.41, 5.74) is 5.88. The van der Waals surface area contributed by atoms with E-state index < -0.39 is 10.8 Å². The number of amides is 1. The van der Waals surface area contributed by atoms with Crippen LogP contribution < -0.4 is 11.1 Å². The van der Waals surface area contributed by atoms with Gasteiger partial charge >= 0.3 is 0 Å². The molecule has 0 aliphatic heterocycles. The molecule has 0 saturated heterocycles. The van der Waals surface area contributed by atoms with Crippen LogP contribution in [0.3, 0.4) is 0 Å². The van der Waals surface area contributed by atoms with Crippen molar-refractivity contribution in [2.45, 2.75) is 0 Å². The van der Waals surface area contributed by atoms with Crippen molar-refractivity contribution in [1.29, 1.82) is 0 Å². The molecule has 2 rings (SSSR count). The molecule has 0 radical (unpaired) electrons. The number of nitrogens with zero attached hydrogens (tertiary/aromatic N) is 1. The first-order chi connectivity index (χ1) is 9.88. The van der Waals surface area contributed by atoms with Crippen molar-refractivity contribution in [3.63, 3.8) is 0 Å². The first-order valence-corrected chi connectivity index (χ1v) is 6.86. The zero-order valence-corrected chi connectivity index (χ0v) is 12.8. The summed E-state index contributed by atoms with van der Waals surface area (Å²) < 4.78 is 0.601. The molecule has 0 aliphatic rings. The van der Waals surface area contributed by atoms with Gasteiger partial charge in [-0.15, -0.1) is 0 Å².